The van der Waals surface area contributed by atoms with Crippen LogP contribution in [0.5, 0.6) is 0 Å². The third-order valence-corrected chi connectivity index (χ3v) is 6.91. The number of aryl methyl sites for hydroxylation is 3. The summed E-state index contributed by atoms with van der Waals surface area (Å²) in [4.78, 5) is 12.7. The Hall–Kier alpha value is -3.00. The maximum Gasteiger partial charge on any atom is 0.226 e. The fraction of sp³-hybridized carbons (Fsp3) is 0.273. The minimum atomic E-state index is -3.56. The quantitative estimate of drug-likeness (QED) is 0.652. The van der Waals surface area contributed by atoms with Gasteiger partial charge in [0.2, 0.25) is 5.91 Å². The first-order valence-electron chi connectivity index (χ1n) is 9.79. The number of nitrogens with zero attached hydrogens (tertiary/aromatic N) is 2. The summed E-state index contributed by atoms with van der Waals surface area (Å²) in [6, 6.07) is 12.6. The Balaban J connectivity index is 1.45. The zero-order valence-corrected chi connectivity index (χ0v) is 17.4. The number of amides is 1. The van der Waals surface area contributed by atoms with E-state index in [2.05, 4.69) is 10.4 Å². The van der Waals surface area contributed by atoms with E-state index in [0.29, 0.717) is 17.2 Å². The molecule has 0 saturated heterocycles. The van der Waals surface area contributed by atoms with Crippen LogP contribution in [-0.2, 0) is 27.5 Å². The second-order valence-electron chi connectivity index (χ2n) is 7.46. The monoisotopic (exact) mass is 427 g/mol. The third kappa shape index (κ3) is 4.28. The number of nitrogens with one attached hydrogen (secondary N) is 1. The first-order valence-corrected chi connectivity index (χ1v) is 11.4. The van der Waals surface area contributed by atoms with Gasteiger partial charge < -0.3 is 5.32 Å². The van der Waals surface area contributed by atoms with Crippen molar-refractivity contribution in [3.63, 3.8) is 0 Å². The van der Waals surface area contributed by atoms with Crippen molar-refractivity contribution in [1.29, 1.82) is 0 Å². The van der Waals surface area contributed by atoms with Crippen molar-refractivity contribution in [2.24, 2.45) is 0 Å². The van der Waals surface area contributed by atoms with Gasteiger partial charge >= 0.3 is 0 Å². The molecule has 1 aromatic heterocycles. The molecule has 2 aromatic carbocycles. The van der Waals surface area contributed by atoms with Gasteiger partial charge in [-0.1, -0.05) is 6.07 Å². The molecular weight excluding hydrogens is 405 g/mol. The number of sulfone groups is 1. The number of aromatic nitrogens is 2. The number of rotatable bonds is 6. The Morgan fingerprint density at radius 1 is 1.10 bits per heavy atom. The third-order valence-electron chi connectivity index (χ3n) is 5.20. The van der Waals surface area contributed by atoms with Crippen molar-refractivity contribution < 1.29 is 17.6 Å². The van der Waals surface area contributed by atoms with E-state index in [-0.39, 0.29) is 22.9 Å². The standard InChI is InChI=1S/C22H22FN3O3S/c1-15-13-21(26(25-15)19-8-6-18(23)7-9-19)24-22(27)11-12-30(28,29)20-10-5-16-3-2-4-17(16)14-20/h5-10,13-14H,2-4,11-12H2,1H3,(H,24,27). The molecule has 1 heterocycles. The van der Waals surface area contributed by atoms with E-state index in [1.165, 1.54) is 22.4 Å². The molecule has 1 aliphatic rings. The molecule has 0 radical (unpaired) electrons. The van der Waals surface area contributed by atoms with E-state index >= 15 is 0 Å². The lowest BCUT2D eigenvalue weighted by molar-refractivity contribution is -0.115. The van der Waals surface area contributed by atoms with Crippen molar-refractivity contribution in [3.8, 4) is 5.69 Å². The van der Waals surface area contributed by atoms with E-state index in [9.17, 15) is 17.6 Å². The van der Waals surface area contributed by atoms with Crippen LogP contribution in [-0.4, -0.2) is 29.9 Å². The van der Waals surface area contributed by atoms with Crippen LogP contribution in [0.1, 0.15) is 29.7 Å². The Labute approximate surface area is 174 Å². The van der Waals surface area contributed by atoms with Crippen LogP contribution in [0.25, 0.3) is 5.69 Å². The van der Waals surface area contributed by atoms with Crippen LogP contribution in [0, 0.1) is 12.7 Å². The predicted octanol–water partition coefficient (Wildman–Crippen LogP) is 3.61. The molecule has 6 nitrogen and oxygen atoms in total. The number of carbonyl (C=O) groups excluding carboxylic acids is 1. The first kappa shape index (κ1) is 20.3. The summed E-state index contributed by atoms with van der Waals surface area (Å²) in [5.41, 5.74) is 3.54. The Morgan fingerprint density at radius 2 is 1.83 bits per heavy atom. The molecule has 0 saturated carbocycles. The molecule has 156 valence electrons. The lowest BCUT2D eigenvalue weighted by Gasteiger charge is -2.10. The number of halogens is 1. The van der Waals surface area contributed by atoms with Gasteiger partial charge in [0.05, 0.1) is 22.0 Å². The van der Waals surface area contributed by atoms with E-state index in [0.717, 1.165) is 24.8 Å². The average Bonchev–Trinajstić information content (AvgIpc) is 3.33. The van der Waals surface area contributed by atoms with Crippen molar-refractivity contribution in [1.82, 2.24) is 9.78 Å². The van der Waals surface area contributed by atoms with Gasteiger partial charge in [-0.25, -0.2) is 17.5 Å². The molecule has 0 aliphatic heterocycles. The van der Waals surface area contributed by atoms with Crippen LogP contribution in [0.4, 0.5) is 10.2 Å². The summed E-state index contributed by atoms with van der Waals surface area (Å²) in [6.07, 6.45) is 2.75. The minimum absolute atomic E-state index is 0.174. The van der Waals surface area contributed by atoms with Gasteiger partial charge in [-0.05, 0) is 73.7 Å². The van der Waals surface area contributed by atoms with Crippen molar-refractivity contribution >= 4 is 21.6 Å². The first-order chi connectivity index (χ1) is 14.3. The maximum absolute atomic E-state index is 13.2. The summed E-state index contributed by atoms with van der Waals surface area (Å²) in [6.45, 7) is 1.77. The molecular formula is C22H22FN3O3S. The molecule has 1 aliphatic carbocycles. The molecule has 1 amide bonds. The van der Waals surface area contributed by atoms with Crippen LogP contribution in [0.15, 0.2) is 53.4 Å². The number of fused-ring (bicyclic) bond motifs is 1. The summed E-state index contributed by atoms with van der Waals surface area (Å²) in [5, 5.41) is 7.03. The van der Waals surface area contributed by atoms with Gasteiger partial charge in [0, 0.05) is 12.5 Å². The number of anilines is 1. The minimum Gasteiger partial charge on any atom is -0.311 e. The average molecular weight is 428 g/mol. The molecule has 0 bridgehead atoms. The van der Waals surface area contributed by atoms with Gasteiger partial charge in [-0.15, -0.1) is 0 Å². The lowest BCUT2D eigenvalue weighted by Crippen LogP contribution is -2.19. The lowest BCUT2D eigenvalue weighted by atomic mass is 10.1. The summed E-state index contributed by atoms with van der Waals surface area (Å²) in [7, 11) is -3.56. The smallest absolute Gasteiger partial charge is 0.226 e. The molecule has 3 aromatic rings. The molecule has 0 fully saturated rings. The molecule has 0 spiro atoms. The van der Waals surface area contributed by atoms with Gasteiger partial charge in [-0.2, -0.15) is 5.10 Å². The van der Waals surface area contributed by atoms with E-state index in [1.54, 1.807) is 37.3 Å². The highest BCUT2D eigenvalue weighted by atomic mass is 32.2. The maximum atomic E-state index is 13.2. The Kier molecular flexibility index (Phi) is 5.42. The van der Waals surface area contributed by atoms with Crippen molar-refractivity contribution in [2.45, 2.75) is 37.5 Å². The normalized spacial score (nSPS) is 13.3. The van der Waals surface area contributed by atoms with E-state index < -0.39 is 15.7 Å². The van der Waals surface area contributed by atoms with Gasteiger partial charge in [0.15, 0.2) is 9.84 Å². The van der Waals surface area contributed by atoms with Gasteiger partial charge in [-0.3, -0.25) is 4.79 Å². The van der Waals surface area contributed by atoms with E-state index in [4.69, 9.17) is 0 Å². The van der Waals surface area contributed by atoms with Crippen LogP contribution in [0.3, 0.4) is 0 Å². The zero-order chi connectivity index (χ0) is 21.3. The molecule has 30 heavy (non-hydrogen) atoms. The topological polar surface area (TPSA) is 81.1 Å². The Morgan fingerprint density at radius 3 is 2.60 bits per heavy atom. The fourth-order valence-electron chi connectivity index (χ4n) is 3.66. The Bertz CT molecular complexity index is 1200. The SMILES string of the molecule is Cc1cc(NC(=O)CCS(=O)(=O)c2ccc3c(c2)CCC3)n(-c2ccc(F)cc2)n1. The number of hydrogen-bond acceptors (Lipinski definition) is 4. The summed E-state index contributed by atoms with van der Waals surface area (Å²) >= 11 is 0. The highest BCUT2D eigenvalue weighted by Crippen LogP contribution is 2.25. The second kappa shape index (κ2) is 8.02. The summed E-state index contributed by atoms with van der Waals surface area (Å²) < 4.78 is 40.0. The van der Waals surface area contributed by atoms with Crippen molar-refractivity contribution in [2.75, 3.05) is 11.1 Å². The van der Waals surface area contributed by atoms with Crippen LogP contribution < -0.4 is 5.32 Å². The molecule has 0 unspecified atom stereocenters. The molecule has 8 heteroatoms. The van der Waals surface area contributed by atoms with Crippen LogP contribution in [0.2, 0.25) is 0 Å². The second-order valence-corrected chi connectivity index (χ2v) is 9.57. The predicted molar refractivity (Wildman–Crippen MR) is 112 cm³/mol. The van der Waals surface area contributed by atoms with Gasteiger partial charge in [0.25, 0.3) is 0 Å². The highest BCUT2D eigenvalue weighted by molar-refractivity contribution is 7.91. The zero-order valence-electron chi connectivity index (χ0n) is 16.6. The molecule has 4 rings (SSSR count). The van der Waals surface area contributed by atoms with Crippen molar-refractivity contribution in [3.05, 3.63) is 71.2 Å². The van der Waals surface area contributed by atoms with Gasteiger partial charge in [0.1, 0.15) is 11.6 Å². The van der Waals surface area contributed by atoms with E-state index in [1.807, 2.05) is 6.07 Å². The highest BCUT2D eigenvalue weighted by Gasteiger charge is 2.20. The largest absolute Gasteiger partial charge is 0.311 e. The number of carbonyl (C=O) groups is 1. The number of benzene rings is 2. The van der Waals surface area contributed by atoms with Crippen LogP contribution >= 0.6 is 0 Å². The summed E-state index contributed by atoms with van der Waals surface area (Å²) in [5.74, 6) is -0.673. The fourth-order valence-corrected chi connectivity index (χ4v) is 4.95. The molecule has 0 atom stereocenters. The number of hydrogen-bond donors (Lipinski definition) is 1. The molecule has 1 N–H and O–H groups in total.